The molecule has 0 bridgehead atoms. The minimum Gasteiger partial charge on any atom is -0.454 e. The van der Waals surface area contributed by atoms with Gasteiger partial charge in [0.1, 0.15) is 18.3 Å². The Morgan fingerprint density at radius 2 is 2.25 bits per heavy atom. The van der Waals surface area contributed by atoms with Gasteiger partial charge in [0.15, 0.2) is 6.10 Å². The predicted molar refractivity (Wildman–Crippen MR) is 53.5 cm³/mol. The summed E-state index contributed by atoms with van der Waals surface area (Å²) in [7, 11) is 0. The second-order valence-corrected chi connectivity index (χ2v) is 3.76. The van der Waals surface area contributed by atoms with Crippen molar-refractivity contribution in [3.8, 4) is 0 Å². The molecular formula is C10H16O6. The SMILES string of the molecule is C=C(C)C(=O)O[C@H](CO)[C@H]1OC[C@H](O)[C@H]1O. The molecule has 0 unspecified atom stereocenters. The molecule has 0 saturated carbocycles. The van der Waals surface area contributed by atoms with Crippen LogP contribution in [-0.4, -0.2) is 58.9 Å². The van der Waals surface area contributed by atoms with Crippen LogP contribution < -0.4 is 0 Å². The fraction of sp³-hybridized carbons (Fsp3) is 0.700. The molecule has 0 aromatic rings. The molecule has 1 fully saturated rings. The third-order valence-corrected chi connectivity index (χ3v) is 2.34. The van der Waals surface area contributed by atoms with Gasteiger partial charge in [0.2, 0.25) is 0 Å². The van der Waals surface area contributed by atoms with Gasteiger partial charge >= 0.3 is 5.97 Å². The number of carbonyl (C=O) groups excluding carboxylic acids is 1. The molecule has 92 valence electrons. The lowest BCUT2D eigenvalue weighted by Gasteiger charge is -2.23. The fourth-order valence-corrected chi connectivity index (χ4v) is 1.40. The van der Waals surface area contributed by atoms with E-state index in [4.69, 9.17) is 14.6 Å². The van der Waals surface area contributed by atoms with Crippen molar-refractivity contribution in [3.05, 3.63) is 12.2 Å². The highest BCUT2D eigenvalue weighted by Crippen LogP contribution is 2.20. The third kappa shape index (κ3) is 2.79. The van der Waals surface area contributed by atoms with E-state index in [-0.39, 0.29) is 12.2 Å². The van der Waals surface area contributed by atoms with Crippen LogP contribution in [0.1, 0.15) is 6.92 Å². The van der Waals surface area contributed by atoms with Gasteiger partial charge in [-0.3, -0.25) is 0 Å². The van der Waals surface area contributed by atoms with Crippen LogP contribution in [0.3, 0.4) is 0 Å². The molecule has 0 radical (unpaired) electrons. The first-order chi connectivity index (χ1) is 7.47. The molecule has 0 aliphatic carbocycles. The minimum atomic E-state index is -1.17. The number of esters is 1. The Hall–Kier alpha value is -0.950. The van der Waals surface area contributed by atoms with Gasteiger partial charge in [-0.2, -0.15) is 0 Å². The summed E-state index contributed by atoms with van der Waals surface area (Å²) in [5, 5.41) is 27.8. The van der Waals surface area contributed by atoms with Gasteiger partial charge in [0, 0.05) is 5.57 Å². The summed E-state index contributed by atoms with van der Waals surface area (Å²) < 4.78 is 9.92. The Kier molecular flexibility index (Phi) is 4.43. The van der Waals surface area contributed by atoms with Crippen LogP contribution in [0.4, 0.5) is 0 Å². The molecule has 3 N–H and O–H groups in total. The summed E-state index contributed by atoms with van der Waals surface area (Å²) in [6, 6.07) is 0. The van der Waals surface area contributed by atoms with Crippen LogP contribution in [0.5, 0.6) is 0 Å². The Bertz CT molecular complexity index is 276. The maximum atomic E-state index is 11.2. The number of carbonyl (C=O) groups is 1. The van der Waals surface area contributed by atoms with Gasteiger partial charge in [-0.15, -0.1) is 0 Å². The van der Waals surface area contributed by atoms with E-state index in [9.17, 15) is 15.0 Å². The van der Waals surface area contributed by atoms with Gasteiger partial charge < -0.3 is 24.8 Å². The number of hydrogen-bond donors (Lipinski definition) is 3. The highest BCUT2D eigenvalue weighted by Gasteiger charge is 2.41. The largest absolute Gasteiger partial charge is 0.454 e. The van der Waals surface area contributed by atoms with E-state index in [0.717, 1.165) is 0 Å². The lowest BCUT2D eigenvalue weighted by molar-refractivity contribution is -0.158. The molecule has 6 heteroatoms. The van der Waals surface area contributed by atoms with Crippen molar-refractivity contribution in [1.29, 1.82) is 0 Å². The lowest BCUT2D eigenvalue weighted by Crippen LogP contribution is -2.43. The van der Waals surface area contributed by atoms with Crippen LogP contribution in [0.15, 0.2) is 12.2 Å². The van der Waals surface area contributed by atoms with Gasteiger partial charge in [-0.1, -0.05) is 6.58 Å². The number of ether oxygens (including phenoxy) is 2. The van der Waals surface area contributed by atoms with Crippen molar-refractivity contribution in [2.45, 2.75) is 31.3 Å². The van der Waals surface area contributed by atoms with Crippen LogP contribution >= 0.6 is 0 Å². The standard InChI is InChI=1S/C10H16O6/c1-5(2)10(14)16-7(3-11)9-8(13)6(12)4-15-9/h6-9,11-13H,1,3-4H2,2H3/t6-,7+,8+,9+/m0/s1. The number of aliphatic hydroxyl groups is 3. The number of hydrogen-bond acceptors (Lipinski definition) is 6. The van der Waals surface area contributed by atoms with E-state index in [1.165, 1.54) is 6.92 Å². The van der Waals surface area contributed by atoms with Crippen LogP contribution in [0.2, 0.25) is 0 Å². The second kappa shape index (κ2) is 5.40. The monoisotopic (exact) mass is 232 g/mol. The average molecular weight is 232 g/mol. The fourth-order valence-electron chi connectivity index (χ4n) is 1.40. The highest BCUT2D eigenvalue weighted by atomic mass is 16.6. The van der Waals surface area contributed by atoms with Crippen molar-refractivity contribution in [1.82, 2.24) is 0 Å². The Balaban J connectivity index is 2.61. The molecular weight excluding hydrogens is 216 g/mol. The zero-order valence-electron chi connectivity index (χ0n) is 9.00. The summed E-state index contributed by atoms with van der Waals surface area (Å²) in [6.45, 7) is 4.32. The zero-order valence-corrected chi connectivity index (χ0v) is 9.00. The first kappa shape index (κ1) is 13.1. The van der Waals surface area contributed by atoms with Crippen molar-refractivity contribution in [2.24, 2.45) is 0 Å². The second-order valence-electron chi connectivity index (χ2n) is 3.76. The molecule has 1 saturated heterocycles. The van der Waals surface area contributed by atoms with Crippen LogP contribution in [-0.2, 0) is 14.3 Å². The molecule has 6 nitrogen and oxygen atoms in total. The first-order valence-electron chi connectivity index (χ1n) is 4.92. The Morgan fingerprint density at radius 1 is 1.62 bits per heavy atom. The normalized spacial score (nSPS) is 31.1. The van der Waals surface area contributed by atoms with E-state index in [1.54, 1.807) is 0 Å². The van der Waals surface area contributed by atoms with Crippen molar-refractivity contribution >= 4 is 5.97 Å². The maximum absolute atomic E-state index is 11.2. The molecule has 1 aliphatic heterocycles. The summed E-state index contributed by atoms with van der Waals surface area (Å²) in [6.07, 6.45) is -4.11. The average Bonchev–Trinajstić information content (AvgIpc) is 2.56. The summed E-state index contributed by atoms with van der Waals surface area (Å²) in [5.74, 6) is -0.670. The molecule has 4 atom stereocenters. The summed E-state index contributed by atoms with van der Waals surface area (Å²) in [4.78, 5) is 11.2. The minimum absolute atomic E-state index is 0.0487. The van der Waals surface area contributed by atoms with E-state index in [0.29, 0.717) is 0 Å². The summed E-state index contributed by atoms with van der Waals surface area (Å²) >= 11 is 0. The Labute approximate surface area is 93.1 Å². The molecule has 0 amide bonds. The molecule has 1 rings (SSSR count). The molecule has 0 spiro atoms. The van der Waals surface area contributed by atoms with Crippen molar-refractivity contribution in [2.75, 3.05) is 13.2 Å². The van der Waals surface area contributed by atoms with E-state index in [1.807, 2.05) is 0 Å². The Morgan fingerprint density at radius 3 is 2.62 bits per heavy atom. The zero-order chi connectivity index (χ0) is 12.3. The molecule has 0 aromatic heterocycles. The molecule has 1 heterocycles. The number of rotatable bonds is 4. The topological polar surface area (TPSA) is 96.2 Å². The quantitative estimate of drug-likeness (QED) is 0.407. The molecule has 1 aliphatic rings. The third-order valence-electron chi connectivity index (χ3n) is 2.34. The molecule has 16 heavy (non-hydrogen) atoms. The van der Waals surface area contributed by atoms with Gasteiger partial charge in [-0.25, -0.2) is 4.79 Å². The van der Waals surface area contributed by atoms with Crippen LogP contribution in [0.25, 0.3) is 0 Å². The van der Waals surface area contributed by atoms with E-state index >= 15 is 0 Å². The molecule has 0 aromatic carbocycles. The smallest absolute Gasteiger partial charge is 0.333 e. The van der Waals surface area contributed by atoms with Crippen molar-refractivity contribution in [3.63, 3.8) is 0 Å². The first-order valence-corrected chi connectivity index (χ1v) is 4.92. The maximum Gasteiger partial charge on any atom is 0.333 e. The predicted octanol–water partition coefficient (Wildman–Crippen LogP) is -1.41. The van der Waals surface area contributed by atoms with Crippen molar-refractivity contribution < 1.29 is 29.6 Å². The number of aliphatic hydroxyl groups excluding tert-OH is 3. The van der Waals surface area contributed by atoms with E-state index < -0.39 is 37.0 Å². The summed E-state index contributed by atoms with van der Waals surface area (Å²) in [5.41, 5.74) is 0.187. The highest BCUT2D eigenvalue weighted by molar-refractivity contribution is 5.87. The van der Waals surface area contributed by atoms with Crippen LogP contribution in [0, 0.1) is 0 Å². The van der Waals surface area contributed by atoms with Gasteiger partial charge in [0.05, 0.1) is 13.2 Å². The van der Waals surface area contributed by atoms with E-state index in [2.05, 4.69) is 6.58 Å². The van der Waals surface area contributed by atoms with Gasteiger partial charge in [0.25, 0.3) is 0 Å². The van der Waals surface area contributed by atoms with Gasteiger partial charge in [-0.05, 0) is 6.92 Å². The lowest BCUT2D eigenvalue weighted by atomic mass is 10.1.